The van der Waals surface area contributed by atoms with Gasteiger partial charge >= 0.3 is 0 Å². The standard InChI is InChI=1S/C14H23N3O3S2.ClH/c1-21-10-3-2-7-14(18)17-12-5-4-6-13(11-12)22(19,20)16-9-8-15;/h4-6,11,16H,2-3,7-10,15H2,1H3,(H,17,18);1H. The van der Waals surface area contributed by atoms with Crippen LogP contribution in [0.2, 0.25) is 0 Å². The highest BCUT2D eigenvalue weighted by molar-refractivity contribution is 7.98. The monoisotopic (exact) mass is 381 g/mol. The van der Waals surface area contributed by atoms with Gasteiger partial charge in [-0.2, -0.15) is 11.8 Å². The van der Waals surface area contributed by atoms with Crippen molar-refractivity contribution in [1.82, 2.24) is 4.72 Å². The van der Waals surface area contributed by atoms with E-state index in [1.165, 1.54) is 12.1 Å². The molecule has 1 aromatic carbocycles. The molecule has 9 heteroatoms. The van der Waals surface area contributed by atoms with E-state index in [1.54, 1.807) is 23.9 Å². The van der Waals surface area contributed by atoms with Gasteiger partial charge in [0.1, 0.15) is 0 Å². The van der Waals surface area contributed by atoms with Crippen LogP contribution in [0, 0.1) is 0 Å². The van der Waals surface area contributed by atoms with Crippen LogP contribution in [0.15, 0.2) is 29.2 Å². The maximum absolute atomic E-state index is 12.0. The largest absolute Gasteiger partial charge is 0.329 e. The maximum atomic E-state index is 12.0. The molecule has 0 aliphatic heterocycles. The molecule has 1 rings (SSSR count). The van der Waals surface area contributed by atoms with Crippen LogP contribution in [0.1, 0.15) is 19.3 Å². The molecule has 0 spiro atoms. The maximum Gasteiger partial charge on any atom is 0.240 e. The van der Waals surface area contributed by atoms with Gasteiger partial charge in [-0.25, -0.2) is 13.1 Å². The van der Waals surface area contributed by atoms with Gasteiger partial charge in [0.05, 0.1) is 4.90 Å². The number of nitrogens with one attached hydrogen (secondary N) is 2. The van der Waals surface area contributed by atoms with Crippen molar-refractivity contribution >= 4 is 45.8 Å². The van der Waals surface area contributed by atoms with Crippen molar-refractivity contribution in [1.29, 1.82) is 0 Å². The van der Waals surface area contributed by atoms with Crippen molar-refractivity contribution in [3.63, 3.8) is 0 Å². The van der Waals surface area contributed by atoms with E-state index in [2.05, 4.69) is 10.0 Å². The summed E-state index contributed by atoms with van der Waals surface area (Å²) in [6, 6.07) is 6.19. The lowest BCUT2D eigenvalue weighted by Crippen LogP contribution is -2.29. The molecule has 0 saturated heterocycles. The average molecular weight is 382 g/mol. The second-order valence-corrected chi connectivity index (χ2v) is 7.46. The van der Waals surface area contributed by atoms with Gasteiger partial charge in [0.2, 0.25) is 15.9 Å². The van der Waals surface area contributed by atoms with Gasteiger partial charge in [-0.3, -0.25) is 4.79 Å². The van der Waals surface area contributed by atoms with Crippen molar-refractivity contribution in [2.75, 3.05) is 30.4 Å². The van der Waals surface area contributed by atoms with Gasteiger partial charge in [0.25, 0.3) is 0 Å². The minimum Gasteiger partial charge on any atom is -0.329 e. The molecule has 1 amide bonds. The van der Waals surface area contributed by atoms with Gasteiger partial charge in [0.15, 0.2) is 0 Å². The topological polar surface area (TPSA) is 101 Å². The molecule has 4 N–H and O–H groups in total. The number of carbonyl (C=O) groups excluding carboxylic acids is 1. The first-order valence-corrected chi connectivity index (χ1v) is 9.96. The Kier molecular flexibility index (Phi) is 11.3. The van der Waals surface area contributed by atoms with Crippen LogP contribution in [0.3, 0.4) is 0 Å². The Bertz CT molecular complexity index is 582. The van der Waals surface area contributed by atoms with Gasteiger partial charge in [-0.1, -0.05) is 6.07 Å². The summed E-state index contributed by atoms with van der Waals surface area (Å²) in [5, 5.41) is 2.72. The summed E-state index contributed by atoms with van der Waals surface area (Å²) in [6.45, 7) is 0.403. The fourth-order valence-electron chi connectivity index (χ4n) is 1.77. The Labute approximate surface area is 148 Å². The Morgan fingerprint density at radius 1 is 1.30 bits per heavy atom. The van der Waals surface area contributed by atoms with E-state index in [-0.39, 0.29) is 36.3 Å². The molecule has 0 aliphatic carbocycles. The molecule has 0 aliphatic rings. The van der Waals surface area contributed by atoms with Crippen LogP contribution in [0.5, 0.6) is 0 Å². The summed E-state index contributed by atoms with van der Waals surface area (Å²) < 4.78 is 26.4. The van der Waals surface area contributed by atoms with Crippen LogP contribution in [-0.2, 0) is 14.8 Å². The van der Waals surface area contributed by atoms with E-state index in [4.69, 9.17) is 5.73 Å². The summed E-state index contributed by atoms with van der Waals surface area (Å²) in [5.41, 5.74) is 5.77. The Hall–Kier alpha value is -0.800. The number of carbonyl (C=O) groups is 1. The molecule has 132 valence electrons. The van der Waals surface area contributed by atoms with Gasteiger partial charge in [0, 0.05) is 25.2 Å². The van der Waals surface area contributed by atoms with E-state index < -0.39 is 10.0 Å². The number of rotatable bonds is 10. The molecule has 6 nitrogen and oxygen atoms in total. The molecule has 0 aromatic heterocycles. The van der Waals surface area contributed by atoms with E-state index >= 15 is 0 Å². The molecule has 0 heterocycles. The van der Waals surface area contributed by atoms with Crippen molar-refractivity contribution < 1.29 is 13.2 Å². The van der Waals surface area contributed by atoms with Crippen molar-refractivity contribution in [3.8, 4) is 0 Å². The zero-order valence-corrected chi connectivity index (χ0v) is 15.5. The second kappa shape index (κ2) is 11.7. The highest BCUT2D eigenvalue weighted by Gasteiger charge is 2.13. The summed E-state index contributed by atoms with van der Waals surface area (Å²) >= 11 is 1.75. The Morgan fingerprint density at radius 2 is 2.04 bits per heavy atom. The minimum absolute atomic E-state index is 0. The number of unbranched alkanes of at least 4 members (excludes halogenated alkanes) is 1. The fourth-order valence-corrected chi connectivity index (χ4v) is 3.36. The number of benzene rings is 1. The lowest BCUT2D eigenvalue weighted by molar-refractivity contribution is -0.116. The summed E-state index contributed by atoms with van der Waals surface area (Å²) in [7, 11) is -3.59. The third kappa shape index (κ3) is 8.57. The number of halogens is 1. The summed E-state index contributed by atoms with van der Waals surface area (Å²) in [5.74, 6) is 0.930. The Balaban J connectivity index is 0.00000484. The number of thioether (sulfide) groups is 1. The highest BCUT2D eigenvalue weighted by atomic mass is 35.5. The second-order valence-electron chi connectivity index (χ2n) is 4.71. The molecule has 1 aromatic rings. The molecule has 0 bridgehead atoms. The van der Waals surface area contributed by atoms with E-state index in [0.29, 0.717) is 12.1 Å². The predicted molar refractivity (Wildman–Crippen MR) is 98.8 cm³/mol. The van der Waals surface area contributed by atoms with Crippen molar-refractivity contribution in [2.45, 2.75) is 24.2 Å². The van der Waals surface area contributed by atoms with Crippen LogP contribution in [-0.4, -0.2) is 39.4 Å². The Morgan fingerprint density at radius 3 is 2.70 bits per heavy atom. The molecule has 0 radical (unpaired) electrons. The molecule has 0 atom stereocenters. The van der Waals surface area contributed by atoms with Gasteiger partial charge in [-0.05, 0) is 43.0 Å². The molecular weight excluding hydrogens is 358 g/mol. The fraction of sp³-hybridized carbons (Fsp3) is 0.500. The zero-order chi connectivity index (χ0) is 16.4. The van der Waals surface area contributed by atoms with Crippen molar-refractivity contribution in [3.05, 3.63) is 24.3 Å². The van der Waals surface area contributed by atoms with Crippen LogP contribution < -0.4 is 15.8 Å². The number of amides is 1. The van der Waals surface area contributed by atoms with E-state index in [0.717, 1.165) is 18.6 Å². The molecular formula is C14H24ClN3O3S2. The SMILES string of the molecule is CSCCCCC(=O)Nc1cccc(S(=O)(=O)NCCN)c1.Cl. The first-order valence-electron chi connectivity index (χ1n) is 7.08. The van der Waals surface area contributed by atoms with Crippen LogP contribution in [0.25, 0.3) is 0 Å². The molecule has 0 unspecified atom stereocenters. The first-order chi connectivity index (χ1) is 10.5. The number of anilines is 1. The third-order valence-electron chi connectivity index (χ3n) is 2.87. The zero-order valence-electron chi connectivity index (χ0n) is 13.1. The third-order valence-corrected chi connectivity index (χ3v) is 5.02. The van der Waals surface area contributed by atoms with E-state index in [9.17, 15) is 13.2 Å². The van der Waals surface area contributed by atoms with Crippen LogP contribution in [0.4, 0.5) is 5.69 Å². The van der Waals surface area contributed by atoms with Gasteiger partial charge in [-0.15, -0.1) is 12.4 Å². The number of hydrogen-bond donors (Lipinski definition) is 3. The average Bonchev–Trinajstić information content (AvgIpc) is 2.50. The highest BCUT2D eigenvalue weighted by Crippen LogP contribution is 2.16. The smallest absolute Gasteiger partial charge is 0.240 e. The molecule has 0 saturated carbocycles. The number of sulfonamides is 1. The van der Waals surface area contributed by atoms with Crippen LogP contribution >= 0.6 is 24.2 Å². The summed E-state index contributed by atoms with van der Waals surface area (Å²) in [6.07, 6.45) is 4.28. The number of hydrogen-bond acceptors (Lipinski definition) is 5. The van der Waals surface area contributed by atoms with Gasteiger partial charge < -0.3 is 11.1 Å². The lowest BCUT2D eigenvalue weighted by atomic mass is 10.2. The first kappa shape index (κ1) is 22.2. The van der Waals surface area contributed by atoms with E-state index in [1.807, 2.05) is 6.26 Å². The van der Waals surface area contributed by atoms with Crippen molar-refractivity contribution in [2.24, 2.45) is 5.73 Å². The quantitative estimate of drug-likeness (QED) is 0.536. The normalized spacial score (nSPS) is 10.9. The predicted octanol–water partition coefficient (Wildman–Crippen LogP) is 1.82. The molecule has 0 fully saturated rings. The number of nitrogens with two attached hydrogens (primary N) is 1. The lowest BCUT2D eigenvalue weighted by Gasteiger charge is -2.09. The molecule has 23 heavy (non-hydrogen) atoms. The minimum atomic E-state index is -3.59. The summed E-state index contributed by atoms with van der Waals surface area (Å²) in [4.78, 5) is 11.9.